The van der Waals surface area contributed by atoms with Crippen LogP contribution in [0, 0.1) is 0 Å². The minimum atomic E-state index is -1.05. The number of carbonyl (C=O) groups is 2. The Labute approximate surface area is 92.8 Å². The van der Waals surface area contributed by atoms with Gasteiger partial charge in [0.1, 0.15) is 0 Å². The highest BCUT2D eigenvalue weighted by molar-refractivity contribution is 8.00. The van der Waals surface area contributed by atoms with Gasteiger partial charge in [-0.1, -0.05) is 0 Å². The van der Waals surface area contributed by atoms with Gasteiger partial charge in [-0.15, -0.1) is 0 Å². The summed E-state index contributed by atoms with van der Waals surface area (Å²) in [5.41, 5.74) is 5.40. The number of amides is 1. The number of hydrogen-bond acceptors (Lipinski definition) is 4. The molecule has 15 heavy (non-hydrogen) atoms. The molecule has 0 saturated carbocycles. The van der Waals surface area contributed by atoms with Crippen molar-refractivity contribution in [3.05, 3.63) is 0 Å². The molecule has 5 nitrogen and oxygen atoms in total. The van der Waals surface area contributed by atoms with Crippen molar-refractivity contribution in [2.75, 3.05) is 12.3 Å². The van der Waals surface area contributed by atoms with Gasteiger partial charge < -0.3 is 16.2 Å². The van der Waals surface area contributed by atoms with E-state index in [9.17, 15) is 9.59 Å². The molecule has 0 aromatic carbocycles. The lowest BCUT2D eigenvalue weighted by Gasteiger charge is -2.13. The zero-order valence-electron chi connectivity index (χ0n) is 8.44. The zero-order chi connectivity index (χ0) is 11.3. The van der Waals surface area contributed by atoms with Gasteiger partial charge in [0.15, 0.2) is 0 Å². The van der Waals surface area contributed by atoms with Crippen molar-refractivity contribution in [1.29, 1.82) is 0 Å². The molecule has 0 aromatic heterocycles. The van der Waals surface area contributed by atoms with Crippen LogP contribution < -0.4 is 11.1 Å². The van der Waals surface area contributed by atoms with Gasteiger partial charge in [0.25, 0.3) is 0 Å². The summed E-state index contributed by atoms with van der Waals surface area (Å²) in [5, 5.41) is 11.6. The number of hydrogen-bond donors (Lipinski definition) is 3. The fraction of sp³-hybridized carbons (Fsp3) is 0.778. The molecule has 1 saturated heterocycles. The Hall–Kier alpha value is -0.750. The van der Waals surface area contributed by atoms with Gasteiger partial charge in [0.05, 0.1) is 12.5 Å². The molecule has 2 atom stereocenters. The maximum atomic E-state index is 11.3. The van der Waals surface area contributed by atoms with Crippen molar-refractivity contribution in [3.8, 4) is 0 Å². The van der Waals surface area contributed by atoms with E-state index in [0.717, 1.165) is 12.2 Å². The summed E-state index contributed by atoms with van der Waals surface area (Å²) < 4.78 is 0. The summed E-state index contributed by atoms with van der Waals surface area (Å²) in [6.07, 6.45) is 1.98. The number of carbonyl (C=O) groups excluding carboxylic acids is 1. The molecule has 1 amide bonds. The van der Waals surface area contributed by atoms with Crippen LogP contribution >= 0.6 is 11.8 Å². The standard InChI is InChI=1S/C9H16N2O3S/c10-7(4-8(12)13)9(14)11-5-6-2-1-3-15-6/h6-7H,1-5,10H2,(H,11,14)(H,12,13). The molecular weight excluding hydrogens is 216 g/mol. The van der Waals surface area contributed by atoms with Crippen LogP contribution in [0.4, 0.5) is 0 Å². The number of carboxylic acid groups (broad SMARTS) is 1. The molecule has 0 aromatic rings. The van der Waals surface area contributed by atoms with Crippen LogP contribution in [-0.4, -0.2) is 40.6 Å². The largest absolute Gasteiger partial charge is 0.481 e. The first kappa shape index (κ1) is 12.3. The van der Waals surface area contributed by atoms with Crippen LogP contribution in [0.1, 0.15) is 19.3 Å². The topological polar surface area (TPSA) is 92.4 Å². The van der Waals surface area contributed by atoms with E-state index in [0.29, 0.717) is 11.8 Å². The molecule has 0 spiro atoms. The monoisotopic (exact) mass is 232 g/mol. The molecule has 2 unspecified atom stereocenters. The first-order valence-electron chi connectivity index (χ1n) is 4.96. The number of carboxylic acids is 1. The minimum Gasteiger partial charge on any atom is -0.481 e. The van der Waals surface area contributed by atoms with Crippen LogP contribution in [0.25, 0.3) is 0 Å². The predicted octanol–water partition coefficient (Wildman–Crippen LogP) is -0.200. The molecule has 1 fully saturated rings. The Bertz CT molecular complexity index is 242. The fourth-order valence-corrected chi connectivity index (χ4v) is 2.63. The van der Waals surface area contributed by atoms with E-state index in [1.807, 2.05) is 11.8 Å². The van der Waals surface area contributed by atoms with Crippen molar-refractivity contribution in [1.82, 2.24) is 5.32 Å². The van der Waals surface area contributed by atoms with E-state index < -0.39 is 12.0 Å². The Morgan fingerprint density at radius 1 is 1.60 bits per heavy atom. The smallest absolute Gasteiger partial charge is 0.305 e. The summed E-state index contributed by atoms with van der Waals surface area (Å²) >= 11 is 1.84. The van der Waals surface area contributed by atoms with Crippen molar-refractivity contribution in [3.63, 3.8) is 0 Å². The highest BCUT2D eigenvalue weighted by Crippen LogP contribution is 2.25. The van der Waals surface area contributed by atoms with Gasteiger partial charge in [-0.3, -0.25) is 9.59 Å². The van der Waals surface area contributed by atoms with Crippen LogP contribution in [0.5, 0.6) is 0 Å². The second kappa shape index (κ2) is 5.97. The minimum absolute atomic E-state index is 0.316. The number of nitrogens with one attached hydrogen (secondary N) is 1. The molecule has 1 heterocycles. The van der Waals surface area contributed by atoms with E-state index in [2.05, 4.69) is 5.32 Å². The number of thioether (sulfide) groups is 1. The molecular formula is C9H16N2O3S. The molecule has 0 bridgehead atoms. The lowest BCUT2D eigenvalue weighted by molar-refractivity contribution is -0.139. The van der Waals surface area contributed by atoms with E-state index in [-0.39, 0.29) is 12.3 Å². The van der Waals surface area contributed by atoms with Crippen molar-refractivity contribution < 1.29 is 14.7 Å². The van der Waals surface area contributed by atoms with E-state index in [1.165, 1.54) is 6.42 Å². The third-order valence-electron chi connectivity index (χ3n) is 2.26. The van der Waals surface area contributed by atoms with Gasteiger partial charge >= 0.3 is 5.97 Å². The summed E-state index contributed by atoms with van der Waals surface area (Å²) in [5.74, 6) is -0.278. The zero-order valence-corrected chi connectivity index (χ0v) is 9.26. The number of rotatable bonds is 5. The van der Waals surface area contributed by atoms with Gasteiger partial charge in [0.2, 0.25) is 5.91 Å². The second-order valence-corrected chi connectivity index (χ2v) is 4.99. The summed E-state index contributed by atoms with van der Waals surface area (Å²) in [7, 11) is 0. The van der Waals surface area contributed by atoms with Crippen LogP contribution in [0.3, 0.4) is 0 Å². The van der Waals surface area contributed by atoms with Crippen molar-refractivity contribution in [2.45, 2.75) is 30.6 Å². The maximum absolute atomic E-state index is 11.3. The molecule has 1 aliphatic heterocycles. The molecule has 6 heteroatoms. The lowest BCUT2D eigenvalue weighted by Crippen LogP contribution is -2.43. The van der Waals surface area contributed by atoms with Gasteiger partial charge in [-0.25, -0.2) is 0 Å². The SMILES string of the molecule is NC(CC(=O)O)C(=O)NCC1CCCS1. The van der Waals surface area contributed by atoms with Crippen molar-refractivity contribution in [2.24, 2.45) is 5.73 Å². The summed E-state index contributed by atoms with van der Waals surface area (Å²) in [6.45, 7) is 0.594. The summed E-state index contributed by atoms with van der Waals surface area (Å²) in [4.78, 5) is 21.6. The predicted molar refractivity (Wildman–Crippen MR) is 58.7 cm³/mol. The number of aliphatic carboxylic acids is 1. The molecule has 4 N–H and O–H groups in total. The summed E-state index contributed by atoms with van der Waals surface area (Å²) in [6, 6.07) is -0.936. The first-order valence-corrected chi connectivity index (χ1v) is 6.01. The highest BCUT2D eigenvalue weighted by Gasteiger charge is 2.20. The van der Waals surface area contributed by atoms with Crippen LogP contribution in [-0.2, 0) is 9.59 Å². The average Bonchev–Trinajstić information content (AvgIpc) is 2.65. The molecule has 1 rings (SSSR count). The normalized spacial score (nSPS) is 22.3. The van der Waals surface area contributed by atoms with Gasteiger partial charge in [-0.05, 0) is 18.6 Å². The fourth-order valence-electron chi connectivity index (χ4n) is 1.43. The molecule has 0 radical (unpaired) electrons. The maximum Gasteiger partial charge on any atom is 0.305 e. The van der Waals surface area contributed by atoms with Crippen molar-refractivity contribution >= 4 is 23.6 Å². The average molecular weight is 232 g/mol. The second-order valence-electron chi connectivity index (χ2n) is 3.58. The van der Waals surface area contributed by atoms with E-state index in [4.69, 9.17) is 10.8 Å². The third kappa shape index (κ3) is 4.53. The quantitative estimate of drug-likeness (QED) is 0.610. The Morgan fingerprint density at radius 2 is 2.33 bits per heavy atom. The molecule has 1 aliphatic rings. The van der Waals surface area contributed by atoms with Gasteiger partial charge in [0, 0.05) is 11.8 Å². The Kier molecular flexibility index (Phi) is 4.90. The van der Waals surface area contributed by atoms with Crippen LogP contribution in [0.15, 0.2) is 0 Å². The first-order chi connectivity index (χ1) is 7.09. The van der Waals surface area contributed by atoms with E-state index in [1.54, 1.807) is 0 Å². The van der Waals surface area contributed by atoms with E-state index >= 15 is 0 Å². The highest BCUT2D eigenvalue weighted by atomic mass is 32.2. The molecule has 86 valence electrons. The number of nitrogens with two attached hydrogens (primary N) is 1. The molecule has 0 aliphatic carbocycles. The van der Waals surface area contributed by atoms with Crippen LogP contribution in [0.2, 0.25) is 0 Å². The third-order valence-corrected chi connectivity index (χ3v) is 3.66. The van der Waals surface area contributed by atoms with Gasteiger partial charge in [-0.2, -0.15) is 11.8 Å². The Balaban J connectivity index is 2.19. The Morgan fingerprint density at radius 3 is 2.87 bits per heavy atom. The lowest BCUT2D eigenvalue weighted by atomic mass is 10.2.